The van der Waals surface area contributed by atoms with Crippen molar-refractivity contribution in [3.05, 3.63) is 168 Å². The van der Waals surface area contributed by atoms with Gasteiger partial charge < -0.3 is 21.4 Å². The molecule has 4 rings (SSSR count). The Kier molecular flexibility index (Phi) is 10.4. The molecule has 0 amide bonds. The Balaban J connectivity index is 1.81. The highest BCUT2D eigenvalue weighted by atomic mass is 15.0. The molecule has 0 spiro atoms. The number of hydrogen-bond donors (Lipinski definition) is 3. The van der Waals surface area contributed by atoms with Crippen LogP contribution in [0.3, 0.4) is 0 Å². The zero-order chi connectivity index (χ0) is 30.8. The van der Waals surface area contributed by atoms with E-state index < -0.39 is 0 Å². The van der Waals surface area contributed by atoms with Gasteiger partial charge in [-0.2, -0.15) is 0 Å². The Bertz CT molecular complexity index is 1680. The van der Waals surface area contributed by atoms with E-state index in [2.05, 4.69) is 104 Å². The lowest BCUT2D eigenvalue weighted by molar-refractivity contribution is 0.804. The van der Waals surface area contributed by atoms with Crippen LogP contribution in [0.1, 0.15) is 41.3 Å². The number of benzene rings is 2. The smallest absolute Gasteiger partial charge is 0.0696 e. The summed E-state index contributed by atoms with van der Waals surface area (Å²) in [6, 6.07) is 16.9. The fourth-order valence-corrected chi connectivity index (χ4v) is 5.26. The number of rotatable bonds is 11. The largest absolute Gasteiger partial charge is 0.405 e. The Morgan fingerprint density at radius 1 is 1.05 bits per heavy atom. The zero-order valence-electron chi connectivity index (χ0n) is 25.4. The minimum Gasteiger partial charge on any atom is -0.405 e. The average Bonchev–Trinajstić information content (AvgIpc) is 3.30. The molecule has 5 N–H and O–H groups in total. The monoisotopic (exact) mass is 566 g/mol. The summed E-state index contributed by atoms with van der Waals surface area (Å²) in [7, 11) is 0. The molecule has 3 aromatic rings. The van der Waals surface area contributed by atoms with E-state index in [9.17, 15) is 0 Å². The summed E-state index contributed by atoms with van der Waals surface area (Å²) in [5, 5.41) is 3.43. The molecule has 43 heavy (non-hydrogen) atoms. The summed E-state index contributed by atoms with van der Waals surface area (Å²) in [5.41, 5.74) is 23.8. The number of hydrogen-bond acceptors (Lipinski definition) is 3. The highest BCUT2D eigenvalue weighted by molar-refractivity contribution is 5.83. The van der Waals surface area contributed by atoms with Crippen LogP contribution in [0.5, 0.6) is 0 Å². The van der Waals surface area contributed by atoms with Gasteiger partial charge in [0.05, 0.1) is 11.7 Å². The number of nitrogens with one attached hydrogen (secondary N) is 1. The number of dihydropyridines is 1. The average molecular weight is 567 g/mol. The first-order chi connectivity index (χ1) is 20.9. The molecule has 0 aliphatic carbocycles. The molecule has 2 heterocycles. The van der Waals surface area contributed by atoms with Crippen molar-refractivity contribution in [3.63, 3.8) is 0 Å². The molecule has 0 saturated carbocycles. The SMILES string of the molecule is C=C/C(=C\c1c(C)c(C)c(-c2ccc(/C(N)=C/C=C\CC(/C=C\N)=C/C)cc2C=C)n1-c1ccccc1)C1C=CC=CN1. The fraction of sp³-hybridized carbons (Fsp3) is 0.128. The van der Waals surface area contributed by atoms with Crippen LogP contribution in [0.15, 0.2) is 140 Å². The van der Waals surface area contributed by atoms with Gasteiger partial charge in [0.2, 0.25) is 0 Å². The molecule has 4 heteroatoms. The van der Waals surface area contributed by atoms with Gasteiger partial charge in [0.1, 0.15) is 0 Å². The Morgan fingerprint density at radius 3 is 2.49 bits per heavy atom. The molecule has 1 atom stereocenters. The van der Waals surface area contributed by atoms with Crippen molar-refractivity contribution in [1.82, 2.24) is 9.88 Å². The molecule has 1 aliphatic rings. The maximum absolute atomic E-state index is 6.52. The second-order valence-electron chi connectivity index (χ2n) is 10.4. The predicted molar refractivity (Wildman–Crippen MR) is 187 cm³/mol. The van der Waals surface area contributed by atoms with Gasteiger partial charge in [-0.05, 0) is 115 Å². The number of aromatic nitrogens is 1. The first-order valence-electron chi connectivity index (χ1n) is 14.6. The normalized spacial score (nSPS) is 15.8. The molecule has 4 nitrogen and oxygen atoms in total. The molecule has 218 valence electrons. The molecule has 2 aromatic carbocycles. The third-order valence-corrected chi connectivity index (χ3v) is 7.77. The van der Waals surface area contributed by atoms with Gasteiger partial charge in [0.15, 0.2) is 0 Å². The number of para-hydroxylation sites is 1. The van der Waals surface area contributed by atoms with Crippen molar-refractivity contribution < 1.29 is 0 Å². The first kappa shape index (κ1) is 30.7. The quantitative estimate of drug-likeness (QED) is 0.203. The lowest BCUT2D eigenvalue weighted by Gasteiger charge is -2.19. The first-order valence-corrected chi connectivity index (χ1v) is 14.6. The van der Waals surface area contributed by atoms with Crippen LogP contribution in [0.25, 0.3) is 34.8 Å². The second-order valence-corrected chi connectivity index (χ2v) is 10.4. The molecule has 1 unspecified atom stereocenters. The van der Waals surface area contributed by atoms with E-state index >= 15 is 0 Å². The molecule has 0 radical (unpaired) electrons. The van der Waals surface area contributed by atoms with Crippen LogP contribution in [-0.2, 0) is 0 Å². The summed E-state index contributed by atoms with van der Waals surface area (Å²) in [4.78, 5) is 0. The predicted octanol–water partition coefficient (Wildman–Crippen LogP) is 8.68. The van der Waals surface area contributed by atoms with E-state index in [4.69, 9.17) is 11.5 Å². The number of allylic oxidation sites excluding steroid dienone is 8. The summed E-state index contributed by atoms with van der Waals surface area (Å²) in [5.74, 6) is 0. The zero-order valence-corrected chi connectivity index (χ0v) is 25.4. The summed E-state index contributed by atoms with van der Waals surface area (Å²) in [6.45, 7) is 14.7. The van der Waals surface area contributed by atoms with Crippen LogP contribution in [0, 0.1) is 13.8 Å². The molecule has 0 fully saturated rings. The van der Waals surface area contributed by atoms with Crippen LogP contribution in [0.2, 0.25) is 0 Å². The maximum atomic E-state index is 6.52. The molecular weight excluding hydrogens is 524 g/mol. The summed E-state index contributed by atoms with van der Waals surface area (Å²) >= 11 is 0. The van der Waals surface area contributed by atoms with Gasteiger partial charge in [-0.3, -0.25) is 0 Å². The molecular formula is C39H42N4. The number of nitrogens with two attached hydrogens (primary N) is 2. The third kappa shape index (κ3) is 6.99. The van der Waals surface area contributed by atoms with E-state index in [0.717, 1.165) is 51.3 Å². The summed E-state index contributed by atoms with van der Waals surface area (Å²) in [6.07, 6.45) is 26.5. The van der Waals surface area contributed by atoms with E-state index in [0.29, 0.717) is 5.70 Å². The van der Waals surface area contributed by atoms with Gasteiger partial charge in [-0.25, -0.2) is 0 Å². The topological polar surface area (TPSA) is 69.0 Å². The highest BCUT2D eigenvalue weighted by Gasteiger charge is 2.22. The lowest BCUT2D eigenvalue weighted by atomic mass is 9.97. The highest BCUT2D eigenvalue weighted by Crippen LogP contribution is 2.38. The molecule has 1 aliphatic heterocycles. The van der Waals surface area contributed by atoms with Gasteiger partial charge in [0, 0.05) is 22.6 Å². The van der Waals surface area contributed by atoms with Crippen molar-refractivity contribution in [3.8, 4) is 16.9 Å². The Hall–Kier alpha value is -5.22. The fourth-order valence-electron chi connectivity index (χ4n) is 5.26. The minimum atomic E-state index is 0.0540. The van der Waals surface area contributed by atoms with Crippen molar-refractivity contribution in [2.75, 3.05) is 0 Å². The Morgan fingerprint density at radius 2 is 1.84 bits per heavy atom. The van der Waals surface area contributed by atoms with Crippen molar-refractivity contribution in [2.45, 2.75) is 33.2 Å². The lowest BCUT2D eigenvalue weighted by Crippen LogP contribution is -2.25. The van der Waals surface area contributed by atoms with E-state index in [1.54, 1.807) is 6.20 Å². The van der Waals surface area contributed by atoms with E-state index in [-0.39, 0.29) is 6.04 Å². The van der Waals surface area contributed by atoms with Gasteiger partial charge in [-0.1, -0.05) is 86.0 Å². The maximum Gasteiger partial charge on any atom is 0.0696 e. The van der Waals surface area contributed by atoms with Crippen molar-refractivity contribution >= 4 is 17.8 Å². The van der Waals surface area contributed by atoms with Crippen LogP contribution < -0.4 is 16.8 Å². The van der Waals surface area contributed by atoms with Gasteiger partial charge in [-0.15, -0.1) is 0 Å². The number of nitrogens with zero attached hydrogens (tertiary/aromatic N) is 1. The van der Waals surface area contributed by atoms with E-state index in [1.165, 1.54) is 11.1 Å². The third-order valence-electron chi connectivity index (χ3n) is 7.77. The standard InChI is InChI=1S/C39H42N4/c1-6-30(23-24-40)16-12-13-19-36(41)33-21-22-35(31(7-2)26-33)39-29(5)28(4)38(43(39)34-17-10-9-11-18-34)27-32(8-3)37-20-14-15-25-42-37/h6-15,17-27,37,42H,2-3,16,40-41H2,1,4-5H3/b13-12-,24-23-,30-6-,32-27+,36-19-. The van der Waals surface area contributed by atoms with Crippen LogP contribution in [-0.4, -0.2) is 10.6 Å². The van der Waals surface area contributed by atoms with Crippen molar-refractivity contribution in [2.24, 2.45) is 11.5 Å². The van der Waals surface area contributed by atoms with Crippen LogP contribution >= 0.6 is 0 Å². The van der Waals surface area contributed by atoms with Gasteiger partial charge in [0.25, 0.3) is 0 Å². The molecule has 0 bridgehead atoms. The van der Waals surface area contributed by atoms with Gasteiger partial charge >= 0.3 is 0 Å². The second kappa shape index (κ2) is 14.6. The molecule has 1 aromatic heterocycles. The Labute approximate surface area is 256 Å². The van der Waals surface area contributed by atoms with Crippen molar-refractivity contribution in [1.29, 1.82) is 0 Å². The van der Waals surface area contributed by atoms with Crippen LogP contribution in [0.4, 0.5) is 0 Å². The van der Waals surface area contributed by atoms with E-state index in [1.807, 2.05) is 61.7 Å². The molecule has 0 saturated heterocycles. The minimum absolute atomic E-state index is 0.0540. The summed E-state index contributed by atoms with van der Waals surface area (Å²) < 4.78 is 2.34.